The molecule has 4 aromatic rings. The van der Waals surface area contributed by atoms with Crippen LogP contribution in [0.4, 0.5) is 9.59 Å². The van der Waals surface area contributed by atoms with Gasteiger partial charge in [-0.05, 0) is 53.1 Å². The number of pyridine rings is 2. The highest BCUT2D eigenvalue weighted by molar-refractivity contribution is 6.04. The zero-order valence-electron chi connectivity index (χ0n) is 35.1. The molecule has 318 valence electrons. The summed E-state index contributed by atoms with van der Waals surface area (Å²) in [6.07, 6.45) is 1.97. The van der Waals surface area contributed by atoms with Crippen molar-refractivity contribution in [3.63, 3.8) is 0 Å². The number of benzene rings is 2. The lowest BCUT2D eigenvalue weighted by Gasteiger charge is -2.36. The summed E-state index contributed by atoms with van der Waals surface area (Å²) in [4.78, 5) is 79.0. The lowest BCUT2D eigenvalue weighted by Crippen LogP contribution is -2.60. The molecule has 0 spiro atoms. The predicted octanol–water partition coefficient (Wildman–Crippen LogP) is 4.72. The van der Waals surface area contributed by atoms with Gasteiger partial charge >= 0.3 is 12.1 Å². The molecular weight excluding hydrogens is 765 g/mol. The topological polar surface area (TPSA) is 186 Å². The van der Waals surface area contributed by atoms with Gasteiger partial charge in [-0.2, -0.15) is 0 Å². The first-order valence-corrected chi connectivity index (χ1v) is 20.1. The van der Waals surface area contributed by atoms with Crippen molar-refractivity contribution in [2.24, 2.45) is 11.3 Å². The minimum atomic E-state index is -1.28. The van der Waals surface area contributed by atoms with Crippen molar-refractivity contribution >= 4 is 29.8 Å². The highest BCUT2D eigenvalue weighted by Crippen LogP contribution is 2.25. The molecule has 1 aliphatic rings. The highest BCUT2D eigenvalue weighted by atomic mass is 16.5. The Hall–Kier alpha value is -6.19. The normalized spacial score (nSPS) is 15.5. The number of rotatable bonds is 18. The van der Waals surface area contributed by atoms with Crippen LogP contribution in [0.15, 0.2) is 103 Å². The molecule has 1 fully saturated rings. The third-order valence-electron chi connectivity index (χ3n) is 10.5. The van der Waals surface area contributed by atoms with Crippen molar-refractivity contribution in [3.05, 3.63) is 120 Å². The molecule has 6 amide bonds. The number of nitrogens with one attached hydrogen (secondary N) is 3. The van der Waals surface area contributed by atoms with Crippen LogP contribution in [0.25, 0.3) is 11.3 Å². The number of nitrogens with zero attached hydrogens (tertiary/aromatic N) is 5. The Morgan fingerprint density at radius 3 is 2.13 bits per heavy atom. The van der Waals surface area contributed by atoms with Gasteiger partial charge in [-0.15, -0.1) is 0 Å². The first kappa shape index (κ1) is 44.9. The molecule has 0 radical (unpaired) electrons. The van der Waals surface area contributed by atoms with E-state index in [4.69, 9.17) is 4.74 Å². The maximum atomic E-state index is 14.5. The number of aromatic nitrogens is 2. The van der Waals surface area contributed by atoms with Gasteiger partial charge in [-0.3, -0.25) is 34.7 Å². The smallest absolute Gasteiger partial charge is 0.407 e. The molecule has 5 rings (SSSR count). The number of hydrazine groups is 1. The van der Waals surface area contributed by atoms with Crippen LogP contribution in [0.2, 0.25) is 0 Å². The Balaban J connectivity index is 1.43. The van der Waals surface area contributed by atoms with Gasteiger partial charge in [0, 0.05) is 31.0 Å². The van der Waals surface area contributed by atoms with Crippen molar-refractivity contribution in [1.82, 2.24) is 40.8 Å². The summed E-state index contributed by atoms with van der Waals surface area (Å²) in [5.41, 5.74) is 6.03. The molecule has 60 heavy (non-hydrogen) atoms. The molecule has 1 aliphatic heterocycles. The zero-order chi connectivity index (χ0) is 43.4. The Morgan fingerprint density at radius 1 is 0.867 bits per heavy atom. The van der Waals surface area contributed by atoms with E-state index >= 15 is 0 Å². The number of aliphatic hydroxyl groups excluding tert-OH is 1. The zero-order valence-corrected chi connectivity index (χ0v) is 35.1. The number of urea groups is 1. The predicted molar refractivity (Wildman–Crippen MR) is 225 cm³/mol. The standard InChI is InChI=1S/C45H56N8O7/c1-7-30(2)39(53-29-38(55)52(44(53)59)27-34-17-11-13-23-46-34)41(56)48-36(25-31-15-9-8-10-16-31)37(54)28-51(50-42(57)40(45(3,4)5)49-43(58)60-6)26-32-19-21-33(22-20-32)35-18-12-14-24-47-35/h8-24,30,36-37,39-40,54H,7,25-29H2,1-6H3,(H,48,56)(H,49,58)(H,50,57). The summed E-state index contributed by atoms with van der Waals surface area (Å²) < 4.78 is 4.81. The molecule has 0 bridgehead atoms. The van der Waals surface area contributed by atoms with Crippen molar-refractivity contribution in [1.29, 1.82) is 0 Å². The molecular formula is C45H56N8O7. The third-order valence-corrected chi connectivity index (χ3v) is 10.5. The van der Waals surface area contributed by atoms with Gasteiger partial charge in [0.25, 0.3) is 11.8 Å². The van der Waals surface area contributed by atoms with E-state index in [0.29, 0.717) is 12.1 Å². The molecule has 15 heteroatoms. The third kappa shape index (κ3) is 11.9. The summed E-state index contributed by atoms with van der Waals surface area (Å²) in [6.45, 7) is 8.82. The second-order valence-corrected chi connectivity index (χ2v) is 16.1. The van der Waals surface area contributed by atoms with E-state index < -0.39 is 59.5 Å². The molecule has 3 heterocycles. The van der Waals surface area contributed by atoms with Gasteiger partial charge in [0.1, 0.15) is 18.6 Å². The quantitative estimate of drug-likeness (QED) is 0.0809. The SMILES string of the molecule is CCC(C)C(C(=O)NC(Cc1ccccc1)C(O)CN(Cc1ccc(-c2ccccn2)cc1)NC(=O)C(NC(=O)OC)C(C)(C)C)N1CC(=O)N(Cc2ccccn2)C1=O. The Bertz CT molecular complexity index is 2050. The van der Waals surface area contributed by atoms with E-state index in [9.17, 15) is 29.1 Å². The van der Waals surface area contributed by atoms with E-state index in [-0.39, 0.29) is 38.5 Å². The van der Waals surface area contributed by atoms with Crippen molar-refractivity contribution in [2.45, 2.75) is 84.8 Å². The molecule has 4 N–H and O–H groups in total. The van der Waals surface area contributed by atoms with Gasteiger partial charge in [-0.25, -0.2) is 14.6 Å². The minimum absolute atomic E-state index is 0.0299. The number of hydrogen-bond donors (Lipinski definition) is 4. The lowest BCUT2D eigenvalue weighted by atomic mass is 9.86. The van der Waals surface area contributed by atoms with Crippen molar-refractivity contribution < 1.29 is 33.8 Å². The number of amides is 6. The molecule has 5 unspecified atom stereocenters. The number of methoxy groups -OCH3 is 1. The van der Waals surface area contributed by atoms with E-state index in [1.165, 1.54) is 12.0 Å². The summed E-state index contributed by atoms with van der Waals surface area (Å²) >= 11 is 0. The Morgan fingerprint density at radius 2 is 1.53 bits per heavy atom. The van der Waals surface area contributed by atoms with Crippen LogP contribution in [0.5, 0.6) is 0 Å². The van der Waals surface area contributed by atoms with Crippen LogP contribution in [0, 0.1) is 11.3 Å². The fourth-order valence-electron chi connectivity index (χ4n) is 7.05. The van der Waals surface area contributed by atoms with E-state index in [1.807, 2.05) is 86.6 Å². The van der Waals surface area contributed by atoms with Gasteiger partial charge in [-0.1, -0.05) is 108 Å². The maximum Gasteiger partial charge on any atom is 0.407 e. The number of aliphatic hydroxyl groups is 1. The number of carbonyl (C=O) groups excluding carboxylic acids is 5. The molecule has 1 saturated heterocycles. The van der Waals surface area contributed by atoms with Crippen molar-refractivity contribution in [2.75, 3.05) is 20.2 Å². The molecule has 5 atom stereocenters. The highest BCUT2D eigenvalue weighted by Gasteiger charge is 2.45. The molecule has 2 aromatic heterocycles. The largest absolute Gasteiger partial charge is 0.453 e. The number of ether oxygens (including phenoxy) is 1. The number of alkyl carbamates (subject to hydrolysis) is 1. The van der Waals surface area contributed by atoms with Gasteiger partial charge in [0.15, 0.2) is 0 Å². The maximum absolute atomic E-state index is 14.5. The summed E-state index contributed by atoms with van der Waals surface area (Å²) in [5, 5.41) is 19.4. The molecule has 2 aromatic carbocycles. The van der Waals surface area contributed by atoms with Crippen LogP contribution in [0.1, 0.15) is 57.9 Å². The number of carbonyl (C=O) groups is 5. The average molecular weight is 821 g/mol. The molecule has 15 nitrogen and oxygen atoms in total. The fourth-order valence-corrected chi connectivity index (χ4v) is 7.05. The fraction of sp³-hybridized carbons (Fsp3) is 0.400. The van der Waals surface area contributed by atoms with Crippen LogP contribution in [0.3, 0.4) is 0 Å². The van der Waals surface area contributed by atoms with Gasteiger partial charge in [0.05, 0.1) is 37.2 Å². The second-order valence-electron chi connectivity index (χ2n) is 16.1. The Kier molecular flexibility index (Phi) is 15.5. The summed E-state index contributed by atoms with van der Waals surface area (Å²) in [6, 6.07) is 24.3. The van der Waals surface area contributed by atoms with Crippen LogP contribution < -0.4 is 16.1 Å². The van der Waals surface area contributed by atoms with E-state index in [0.717, 1.165) is 27.3 Å². The van der Waals surface area contributed by atoms with Crippen molar-refractivity contribution in [3.8, 4) is 11.3 Å². The molecule has 0 aliphatic carbocycles. The monoisotopic (exact) mass is 820 g/mol. The number of imide groups is 1. The first-order valence-electron chi connectivity index (χ1n) is 20.1. The Labute approximate surface area is 351 Å². The van der Waals surface area contributed by atoms with Gasteiger partial charge < -0.3 is 25.4 Å². The lowest BCUT2D eigenvalue weighted by molar-refractivity contribution is -0.133. The van der Waals surface area contributed by atoms with E-state index in [2.05, 4.69) is 26.0 Å². The van der Waals surface area contributed by atoms with Gasteiger partial charge in [0.2, 0.25) is 5.91 Å². The van der Waals surface area contributed by atoms with Crippen LogP contribution in [-0.2, 0) is 38.6 Å². The second kappa shape index (κ2) is 20.7. The average Bonchev–Trinajstić information content (AvgIpc) is 3.50. The number of hydrogen-bond acceptors (Lipinski definition) is 10. The minimum Gasteiger partial charge on any atom is -0.453 e. The molecule has 0 saturated carbocycles. The van der Waals surface area contributed by atoms with Crippen LogP contribution in [-0.4, -0.2) is 104 Å². The van der Waals surface area contributed by atoms with Crippen LogP contribution >= 0.6 is 0 Å². The summed E-state index contributed by atoms with van der Waals surface area (Å²) in [5.74, 6) is -1.87. The summed E-state index contributed by atoms with van der Waals surface area (Å²) in [7, 11) is 1.22. The first-order chi connectivity index (χ1) is 28.7. The van der Waals surface area contributed by atoms with E-state index in [1.54, 1.807) is 56.4 Å².